The van der Waals surface area contributed by atoms with Gasteiger partial charge in [0.05, 0.1) is 0 Å². The van der Waals surface area contributed by atoms with Gasteiger partial charge in [0.25, 0.3) is 0 Å². The zero-order valence-corrected chi connectivity index (χ0v) is 4.92. The highest BCUT2D eigenvalue weighted by Gasteiger charge is 2.30. The molecule has 1 fully saturated rings. The molecule has 0 radical (unpaired) electrons. The average Bonchev–Trinajstić information content (AvgIpc) is 2.50. The Morgan fingerprint density at radius 2 is 2.22 bits per heavy atom. The van der Waals surface area contributed by atoms with Crippen molar-refractivity contribution in [3.63, 3.8) is 0 Å². The molecule has 9 heavy (non-hydrogen) atoms. The maximum absolute atomic E-state index is 10.5. The molecule has 0 amide bonds. The van der Waals surface area contributed by atoms with Gasteiger partial charge >= 0.3 is 12.4 Å². The molecule has 4 nitrogen and oxygen atoms in total. The van der Waals surface area contributed by atoms with Crippen LogP contribution in [-0.2, 0) is 19.3 Å². The third-order valence-corrected chi connectivity index (χ3v) is 0.727. The van der Waals surface area contributed by atoms with Gasteiger partial charge in [-0.15, -0.1) is 0 Å². The SMILES string of the molecule is C=C(C)C(=O)OC1OO1. The summed E-state index contributed by atoms with van der Waals surface area (Å²) in [6, 6.07) is 0. The summed E-state index contributed by atoms with van der Waals surface area (Å²) in [4.78, 5) is 18.8. The molecule has 0 spiro atoms. The highest BCUT2D eigenvalue weighted by molar-refractivity contribution is 5.86. The molecule has 1 heterocycles. The van der Waals surface area contributed by atoms with Crippen molar-refractivity contribution >= 4 is 5.97 Å². The zero-order chi connectivity index (χ0) is 6.85. The minimum atomic E-state index is -0.797. The molecule has 1 rings (SSSR count). The Labute approximate surface area is 51.9 Å². The van der Waals surface area contributed by atoms with E-state index in [0.29, 0.717) is 5.57 Å². The Balaban J connectivity index is 2.25. The summed E-state index contributed by atoms with van der Waals surface area (Å²) in [6.07, 6.45) is 0. The van der Waals surface area contributed by atoms with Crippen molar-refractivity contribution in [2.45, 2.75) is 13.4 Å². The molecule has 1 saturated heterocycles. The van der Waals surface area contributed by atoms with E-state index in [1.54, 1.807) is 6.92 Å². The second-order valence-electron chi connectivity index (χ2n) is 1.67. The smallest absolute Gasteiger partial charge is 0.373 e. The van der Waals surface area contributed by atoms with Crippen LogP contribution in [0.25, 0.3) is 0 Å². The Kier molecular flexibility index (Phi) is 1.50. The van der Waals surface area contributed by atoms with Crippen LogP contribution >= 0.6 is 0 Å². The maximum Gasteiger partial charge on any atom is 0.373 e. The van der Waals surface area contributed by atoms with E-state index in [1.165, 1.54) is 0 Å². The first-order valence-electron chi connectivity index (χ1n) is 2.39. The maximum atomic E-state index is 10.5. The summed E-state index contributed by atoms with van der Waals surface area (Å²) in [5.41, 5.74) is 0.328. The normalized spacial score (nSPS) is 17.0. The molecular weight excluding hydrogens is 124 g/mol. The molecule has 0 unspecified atom stereocenters. The second-order valence-corrected chi connectivity index (χ2v) is 1.67. The fourth-order valence-electron chi connectivity index (χ4n) is 0.250. The molecule has 0 aliphatic carbocycles. The Bertz CT molecular complexity index is 147. The molecule has 0 N–H and O–H groups in total. The van der Waals surface area contributed by atoms with Crippen molar-refractivity contribution in [3.8, 4) is 0 Å². The van der Waals surface area contributed by atoms with Crippen molar-refractivity contribution in [1.29, 1.82) is 0 Å². The molecule has 0 saturated carbocycles. The van der Waals surface area contributed by atoms with E-state index in [9.17, 15) is 4.79 Å². The largest absolute Gasteiger partial charge is 0.403 e. The average molecular weight is 130 g/mol. The van der Waals surface area contributed by atoms with Crippen LogP contribution < -0.4 is 0 Å². The predicted octanol–water partition coefficient (Wildman–Crippen LogP) is 0.351. The van der Waals surface area contributed by atoms with Gasteiger partial charge in [-0.05, 0) is 6.92 Å². The molecule has 1 aliphatic heterocycles. The lowest BCUT2D eigenvalue weighted by molar-refractivity contribution is -0.144. The van der Waals surface area contributed by atoms with Gasteiger partial charge in [0.15, 0.2) is 0 Å². The summed E-state index contributed by atoms with van der Waals surface area (Å²) < 4.78 is 4.44. The van der Waals surface area contributed by atoms with Crippen LogP contribution in [-0.4, -0.2) is 12.4 Å². The van der Waals surface area contributed by atoms with E-state index >= 15 is 0 Å². The van der Waals surface area contributed by atoms with Crippen LogP contribution in [0.5, 0.6) is 0 Å². The molecular formula is C5H6O4. The molecule has 0 aromatic carbocycles. The minimum Gasteiger partial charge on any atom is -0.403 e. The number of esters is 1. The zero-order valence-electron chi connectivity index (χ0n) is 4.92. The van der Waals surface area contributed by atoms with E-state index in [0.717, 1.165) is 0 Å². The van der Waals surface area contributed by atoms with E-state index in [-0.39, 0.29) is 0 Å². The number of carbonyl (C=O) groups excluding carboxylic acids is 1. The van der Waals surface area contributed by atoms with Gasteiger partial charge in [-0.1, -0.05) is 6.58 Å². The first-order valence-corrected chi connectivity index (χ1v) is 2.39. The highest BCUT2D eigenvalue weighted by atomic mass is 17.4. The predicted molar refractivity (Wildman–Crippen MR) is 26.9 cm³/mol. The minimum absolute atomic E-state index is 0.328. The Hall–Kier alpha value is -0.870. The van der Waals surface area contributed by atoms with Crippen molar-refractivity contribution < 1.29 is 19.3 Å². The first-order chi connectivity index (χ1) is 4.20. The van der Waals surface area contributed by atoms with Crippen LogP contribution in [0.4, 0.5) is 0 Å². The summed E-state index contributed by atoms with van der Waals surface area (Å²) >= 11 is 0. The monoisotopic (exact) mass is 130 g/mol. The molecule has 0 atom stereocenters. The van der Waals surface area contributed by atoms with E-state index in [1.807, 2.05) is 0 Å². The highest BCUT2D eigenvalue weighted by Crippen LogP contribution is 2.14. The Morgan fingerprint density at radius 1 is 1.67 bits per heavy atom. The van der Waals surface area contributed by atoms with Crippen molar-refractivity contribution in [2.24, 2.45) is 0 Å². The third-order valence-electron chi connectivity index (χ3n) is 0.727. The van der Waals surface area contributed by atoms with Crippen LogP contribution in [0.3, 0.4) is 0 Å². The van der Waals surface area contributed by atoms with Gasteiger partial charge in [0.1, 0.15) is 0 Å². The van der Waals surface area contributed by atoms with Gasteiger partial charge in [-0.2, -0.15) is 9.78 Å². The molecule has 0 bridgehead atoms. The summed E-state index contributed by atoms with van der Waals surface area (Å²) in [5, 5.41) is 0. The van der Waals surface area contributed by atoms with Crippen LogP contribution in [0.15, 0.2) is 12.2 Å². The topological polar surface area (TPSA) is 51.4 Å². The van der Waals surface area contributed by atoms with Crippen molar-refractivity contribution in [3.05, 3.63) is 12.2 Å². The van der Waals surface area contributed by atoms with Gasteiger partial charge in [0.2, 0.25) is 0 Å². The van der Waals surface area contributed by atoms with Gasteiger partial charge in [0, 0.05) is 5.57 Å². The van der Waals surface area contributed by atoms with Crippen LogP contribution in [0, 0.1) is 0 Å². The fourth-order valence-corrected chi connectivity index (χ4v) is 0.250. The lowest BCUT2D eigenvalue weighted by atomic mass is 10.4. The first kappa shape index (κ1) is 6.25. The quantitative estimate of drug-likeness (QED) is 0.234. The van der Waals surface area contributed by atoms with Crippen molar-refractivity contribution in [2.75, 3.05) is 0 Å². The van der Waals surface area contributed by atoms with Crippen LogP contribution in [0.2, 0.25) is 0 Å². The molecule has 0 aromatic heterocycles. The van der Waals surface area contributed by atoms with E-state index < -0.39 is 12.4 Å². The van der Waals surface area contributed by atoms with Gasteiger partial charge < -0.3 is 4.74 Å². The van der Waals surface area contributed by atoms with Gasteiger partial charge in [-0.25, -0.2) is 4.79 Å². The van der Waals surface area contributed by atoms with Crippen LogP contribution in [0.1, 0.15) is 6.92 Å². The molecule has 4 heteroatoms. The standard InChI is InChI=1S/C5H6O4/c1-3(2)4(6)7-5-8-9-5/h5H,1H2,2H3. The molecule has 50 valence electrons. The number of ether oxygens (including phenoxy) is 1. The number of carbonyl (C=O) groups is 1. The molecule has 1 aliphatic rings. The summed E-state index contributed by atoms with van der Waals surface area (Å²) in [6.45, 7) is 4.10. The lowest BCUT2D eigenvalue weighted by Crippen LogP contribution is -2.06. The number of hydrogen-bond donors (Lipinski definition) is 0. The van der Waals surface area contributed by atoms with E-state index in [4.69, 9.17) is 0 Å². The second kappa shape index (κ2) is 2.16. The lowest BCUT2D eigenvalue weighted by Gasteiger charge is -1.93. The summed E-state index contributed by atoms with van der Waals surface area (Å²) in [5.74, 6) is -0.502. The fraction of sp³-hybridized carbons (Fsp3) is 0.400. The number of rotatable bonds is 2. The van der Waals surface area contributed by atoms with Crippen molar-refractivity contribution in [1.82, 2.24) is 0 Å². The third kappa shape index (κ3) is 1.83. The van der Waals surface area contributed by atoms with Gasteiger partial charge in [-0.3, -0.25) is 0 Å². The molecule has 0 aromatic rings. The summed E-state index contributed by atoms with van der Waals surface area (Å²) in [7, 11) is 0. The van der Waals surface area contributed by atoms with E-state index in [2.05, 4.69) is 21.1 Å². The number of hydrogen-bond acceptors (Lipinski definition) is 4. The Morgan fingerprint density at radius 3 is 2.56 bits per heavy atom.